The number of para-hydroxylation sites is 1. The Hall–Kier alpha value is -1.36. The fourth-order valence-corrected chi connectivity index (χ4v) is 2.62. The van der Waals surface area contributed by atoms with Crippen LogP contribution in [0.4, 0.5) is 0 Å². The van der Waals surface area contributed by atoms with Crippen molar-refractivity contribution in [3.8, 4) is 5.75 Å². The van der Waals surface area contributed by atoms with E-state index in [-0.39, 0.29) is 12.1 Å². The minimum Gasteiger partial charge on any atom is -0.496 e. The van der Waals surface area contributed by atoms with Crippen molar-refractivity contribution in [3.63, 3.8) is 0 Å². The molecule has 0 heterocycles. The third-order valence-electron chi connectivity index (χ3n) is 3.30. The van der Waals surface area contributed by atoms with E-state index in [9.17, 15) is 0 Å². The van der Waals surface area contributed by atoms with Crippen molar-refractivity contribution in [1.29, 1.82) is 0 Å². The average Bonchev–Trinajstić information content (AvgIpc) is 2.49. The van der Waals surface area contributed by atoms with Crippen molar-refractivity contribution in [2.45, 2.75) is 25.7 Å². The van der Waals surface area contributed by atoms with Gasteiger partial charge in [0, 0.05) is 16.1 Å². The highest BCUT2D eigenvalue weighted by Gasteiger charge is 2.21. The van der Waals surface area contributed by atoms with Crippen LogP contribution in [0.25, 0.3) is 0 Å². The molecule has 2 rings (SSSR count). The van der Waals surface area contributed by atoms with Crippen LogP contribution >= 0.6 is 15.9 Å². The monoisotopic (exact) mass is 349 g/mol. The number of benzene rings is 2. The molecule has 112 valence electrons. The first-order valence-electron chi connectivity index (χ1n) is 6.87. The van der Waals surface area contributed by atoms with Gasteiger partial charge in [0.1, 0.15) is 11.9 Å². The summed E-state index contributed by atoms with van der Waals surface area (Å²) >= 11 is 3.53. The van der Waals surface area contributed by atoms with Gasteiger partial charge in [-0.2, -0.15) is 0 Å². The molecule has 0 amide bonds. The van der Waals surface area contributed by atoms with E-state index >= 15 is 0 Å². The summed E-state index contributed by atoms with van der Waals surface area (Å²) in [7, 11) is 1.66. The lowest BCUT2D eigenvalue weighted by atomic mass is 10.0. The summed E-state index contributed by atoms with van der Waals surface area (Å²) in [4.78, 5) is 0. The molecular weight excluding hydrogens is 330 g/mol. The van der Waals surface area contributed by atoms with E-state index < -0.39 is 0 Å². The maximum Gasteiger partial charge on any atom is 0.124 e. The zero-order valence-electron chi connectivity index (χ0n) is 12.3. The number of halogens is 1. The molecule has 2 atom stereocenters. The number of hydrogen-bond donors (Lipinski definition) is 1. The quantitative estimate of drug-likeness (QED) is 0.854. The second-order valence-corrected chi connectivity index (χ2v) is 5.78. The van der Waals surface area contributed by atoms with Crippen LogP contribution in [0.3, 0.4) is 0 Å². The van der Waals surface area contributed by atoms with Gasteiger partial charge in [-0.3, -0.25) is 0 Å². The third-order valence-corrected chi connectivity index (χ3v) is 4.07. The molecule has 0 saturated heterocycles. The SMILES string of the molecule is COc1ccccc1C(OCc1ccccc1Br)C(C)N. The largest absolute Gasteiger partial charge is 0.496 e. The van der Waals surface area contributed by atoms with E-state index in [2.05, 4.69) is 15.9 Å². The van der Waals surface area contributed by atoms with Gasteiger partial charge in [0.05, 0.1) is 13.7 Å². The van der Waals surface area contributed by atoms with Crippen molar-refractivity contribution in [2.24, 2.45) is 5.73 Å². The summed E-state index contributed by atoms with van der Waals surface area (Å²) in [5, 5.41) is 0. The topological polar surface area (TPSA) is 44.5 Å². The van der Waals surface area contributed by atoms with Crippen LogP contribution < -0.4 is 10.5 Å². The van der Waals surface area contributed by atoms with E-state index in [1.54, 1.807) is 7.11 Å². The van der Waals surface area contributed by atoms with Crippen LogP contribution in [0, 0.1) is 0 Å². The highest BCUT2D eigenvalue weighted by Crippen LogP contribution is 2.30. The Morgan fingerprint density at radius 2 is 1.76 bits per heavy atom. The van der Waals surface area contributed by atoms with Gasteiger partial charge in [-0.05, 0) is 24.6 Å². The predicted octanol–water partition coefficient (Wildman–Crippen LogP) is 4.06. The molecule has 4 heteroatoms. The summed E-state index contributed by atoms with van der Waals surface area (Å²) in [6.07, 6.45) is -0.215. The Morgan fingerprint density at radius 3 is 2.43 bits per heavy atom. The van der Waals surface area contributed by atoms with Gasteiger partial charge in [0.2, 0.25) is 0 Å². The van der Waals surface area contributed by atoms with Crippen LogP contribution in [0.5, 0.6) is 5.75 Å². The lowest BCUT2D eigenvalue weighted by Gasteiger charge is -2.24. The Balaban J connectivity index is 2.19. The third kappa shape index (κ3) is 4.06. The Morgan fingerprint density at radius 1 is 1.10 bits per heavy atom. The fraction of sp³-hybridized carbons (Fsp3) is 0.294. The highest BCUT2D eigenvalue weighted by atomic mass is 79.9. The van der Waals surface area contributed by atoms with Crippen molar-refractivity contribution < 1.29 is 9.47 Å². The molecule has 3 nitrogen and oxygen atoms in total. The summed E-state index contributed by atoms with van der Waals surface area (Å²) < 4.78 is 12.5. The number of rotatable bonds is 6. The lowest BCUT2D eigenvalue weighted by Crippen LogP contribution is -2.27. The Kier molecular flexibility index (Phi) is 5.79. The van der Waals surface area contributed by atoms with Crippen molar-refractivity contribution >= 4 is 15.9 Å². The minimum atomic E-state index is -0.215. The van der Waals surface area contributed by atoms with Gasteiger partial charge in [-0.1, -0.05) is 52.3 Å². The molecule has 2 aromatic rings. The molecule has 2 unspecified atom stereocenters. The molecule has 21 heavy (non-hydrogen) atoms. The van der Waals surface area contributed by atoms with Gasteiger partial charge in [-0.15, -0.1) is 0 Å². The first-order valence-corrected chi connectivity index (χ1v) is 7.66. The van der Waals surface area contributed by atoms with Gasteiger partial charge in [0.25, 0.3) is 0 Å². The normalized spacial score (nSPS) is 13.7. The number of methoxy groups -OCH3 is 1. The fourth-order valence-electron chi connectivity index (χ4n) is 2.22. The maximum absolute atomic E-state index is 6.10. The molecule has 2 N–H and O–H groups in total. The maximum atomic E-state index is 6.10. The van der Waals surface area contributed by atoms with Crippen molar-refractivity contribution in [1.82, 2.24) is 0 Å². The average molecular weight is 350 g/mol. The van der Waals surface area contributed by atoms with E-state index in [1.807, 2.05) is 55.5 Å². The van der Waals surface area contributed by atoms with Crippen LogP contribution in [0.1, 0.15) is 24.2 Å². The Labute approximate surface area is 134 Å². The molecule has 0 spiro atoms. The molecule has 0 aliphatic rings. The van der Waals surface area contributed by atoms with E-state index in [0.29, 0.717) is 6.61 Å². The van der Waals surface area contributed by atoms with Crippen LogP contribution in [0.15, 0.2) is 53.0 Å². The molecule has 0 aliphatic heterocycles. The predicted molar refractivity (Wildman–Crippen MR) is 88.3 cm³/mol. The molecular formula is C17H20BrNO2. The molecule has 0 aliphatic carbocycles. The van der Waals surface area contributed by atoms with Crippen LogP contribution in [-0.2, 0) is 11.3 Å². The molecule has 0 bridgehead atoms. The lowest BCUT2D eigenvalue weighted by molar-refractivity contribution is 0.0241. The molecule has 0 radical (unpaired) electrons. The smallest absolute Gasteiger partial charge is 0.124 e. The summed E-state index contributed by atoms with van der Waals surface area (Å²) in [6, 6.07) is 15.7. The molecule has 0 saturated carbocycles. The van der Waals surface area contributed by atoms with Crippen LogP contribution in [0.2, 0.25) is 0 Å². The number of hydrogen-bond acceptors (Lipinski definition) is 3. The highest BCUT2D eigenvalue weighted by molar-refractivity contribution is 9.10. The first kappa shape index (κ1) is 16.0. The number of ether oxygens (including phenoxy) is 2. The first-order chi connectivity index (χ1) is 10.1. The summed E-state index contributed by atoms with van der Waals surface area (Å²) in [5.41, 5.74) is 8.17. The minimum absolute atomic E-state index is 0.135. The number of nitrogens with two attached hydrogens (primary N) is 1. The molecule has 2 aromatic carbocycles. The molecule has 0 aromatic heterocycles. The van der Waals surface area contributed by atoms with Crippen molar-refractivity contribution in [3.05, 3.63) is 64.1 Å². The molecule has 0 fully saturated rings. The standard InChI is InChI=1S/C17H20BrNO2/c1-12(19)17(14-8-4-6-10-16(14)20-2)21-11-13-7-3-5-9-15(13)18/h3-10,12,17H,11,19H2,1-2H3. The van der Waals surface area contributed by atoms with Gasteiger partial charge in [-0.25, -0.2) is 0 Å². The van der Waals surface area contributed by atoms with Crippen LogP contribution in [-0.4, -0.2) is 13.2 Å². The van der Waals surface area contributed by atoms with Gasteiger partial charge >= 0.3 is 0 Å². The summed E-state index contributed by atoms with van der Waals surface area (Å²) in [5.74, 6) is 0.798. The Bertz CT molecular complexity index is 587. The van der Waals surface area contributed by atoms with Crippen molar-refractivity contribution in [2.75, 3.05) is 7.11 Å². The van der Waals surface area contributed by atoms with E-state index in [0.717, 1.165) is 21.3 Å². The van der Waals surface area contributed by atoms with E-state index in [1.165, 1.54) is 0 Å². The second-order valence-electron chi connectivity index (χ2n) is 4.92. The van der Waals surface area contributed by atoms with Gasteiger partial charge in [0.15, 0.2) is 0 Å². The second kappa shape index (κ2) is 7.59. The van der Waals surface area contributed by atoms with E-state index in [4.69, 9.17) is 15.2 Å². The zero-order valence-corrected chi connectivity index (χ0v) is 13.8. The summed E-state index contributed by atoms with van der Waals surface area (Å²) in [6.45, 7) is 2.43. The zero-order chi connectivity index (χ0) is 15.2. The van der Waals surface area contributed by atoms with Gasteiger partial charge < -0.3 is 15.2 Å².